The topological polar surface area (TPSA) is 111 Å². The fourth-order valence-corrected chi connectivity index (χ4v) is 4.03. The van der Waals surface area contributed by atoms with E-state index in [1.54, 1.807) is 0 Å². The maximum atomic E-state index is 12.3. The van der Waals surface area contributed by atoms with Crippen molar-refractivity contribution in [2.75, 3.05) is 19.6 Å². The minimum Gasteiger partial charge on any atom is -0.368 e. The highest BCUT2D eigenvalue weighted by Crippen LogP contribution is 2.31. The Morgan fingerprint density at radius 2 is 2.04 bits per heavy atom. The molecule has 23 heavy (non-hydrogen) atoms. The predicted molar refractivity (Wildman–Crippen MR) is 82.6 cm³/mol. The SMILES string of the molecule is O=[N+]([O-])c1ccc(S(=O)(=O)NCC2CCCC3(CNC3)O2)cc1. The molecule has 2 N–H and O–H groups in total. The molecule has 2 fully saturated rings. The Hall–Kier alpha value is -1.55. The molecule has 126 valence electrons. The third kappa shape index (κ3) is 3.52. The van der Waals surface area contributed by atoms with Crippen LogP contribution in [0, 0.1) is 10.1 Å². The van der Waals surface area contributed by atoms with Crippen LogP contribution in [0.5, 0.6) is 0 Å². The van der Waals surface area contributed by atoms with Crippen LogP contribution in [-0.2, 0) is 14.8 Å². The number of non-ortho nitro benzene ring substituents is 1. The largest absolute Gasteiger partial charge is 0.368 e. The van der Waals surface area contributed by atoms with Gasteiger partial charge in [0.15, 0.2) is 0 Å². The molecule has 3 rings (SSSR count). The summed E-state index contributed by atoms with van der Waals surface area (Å²) in [6.45, 7) is 1.85. The van der Waals surface area contributed by atoms with Crippen LogP contribution in [0.2, 0.25) is 0 Å². The second-order valence-electron chi connectivity index (χ2n) is 6.02. The second kappa shape index (κ2) is 6.16. The van der Waals surface area contributed by atoms with Gasteiger partial charge < -0.3 is 10.1 Å². The first-order valence-electron chi connectivity index (χ1n) is 7.53. The lowest BCUT2D eigenvalue weighted by Crippen LogP contribution is -2.64. The molecular formula is C14H19N3O5S. The summed E-state index contributed by atoms with van der Waals surface area (Å²) in [7, 11) is -3.70. The summed E-state index contributed by atoms with van der Waals surface area (Å²) in [6.07, 6.45) is 2.71. The summed E-state index contributed by atoms with van der Waals surface area (Å²) in [5.74, 6) is 0. The molecule has 0 radical (unpaired) electrons. The summed E-state index contributed by atoms with van der Waals surface area (Å²) in [4.78, 5) is 10.1. The van der Waals surface area contributed by atoms with E-state index in [0.29, 0.717) is 0 Å². The summed E-state index contributed by atoms with van der Waals surface area (Å²) in [5, 5.41) is 13.8. The van der Waals surface area contributed by atoms with Gasteiger partial charge in [0, 0.05) is 31.8 Å². The van der Waals surface area contributed by atoms with Gasteiger partial charge in [0.1, 0.15) is 0 Å². The van der Waals surface area contributed by atoms with Gasteiger partial charge in [-0.2, -0.15) is 0 Å². The molecule has 0 bridgehead atoms. The molecule has 2 heterocycles. The lowest BCUT2D eigenvalue weighted by atomic mass is 9.86. The fraction of sp³-hybridized carbons (Fsp3) is 0.571. The van der Waals surface area contributed by atoms with E-state index < -0.39 is 14.9 Å². The maximum absolute atomic E-state index is 12.3. The van der Waals surface area contributed by atoms with E-state index in [0.717, 1.165) is 32.4 Å². The molecule has 1 unspecified atom stereocenters. The van der Waals surface area contributed by atoms with Crippen molar-refractivity contribution in [3.63, 3.8) is 0 Å². The van der Waals surface area contributed by atoms with Gasteiger partial charge >= 0.3 is 0 Å². The van der Waals surface area contributed by atoms with Crippen molar-refractivity contribution in [3.05, 3.63) is 34.4 Å². The van der Waals surface area contributed by atoms with E-state index in [1.807, 2.05) is 0 Å². The van der Waals surface area contributed by atoms with Crippen molar-refractivity contribution in [3.8, 4) is 0 Å². The van der Waals surface area contributed by atoms with Crippen molar-refractivity contribution in [1.29, 1.82) is 0 Å². The summed E-state index contributed by atoms with van der Waals surface area (Å²) >= 11 is 0. The smallest absolute Gasteiger partial charge is 0.269 e. The number of nitrogens with zero attached hydrogens (tertiary/aromatic N) is 1. The van der Waals surface area contributed by atoms with E-state index in [4.69, 9.17) is 4.74 Å². The number of rotatable bonds is 5. The predicted octanol–water partition coefficient (Wildman–Crippen LogP) is 0.784. The van der Waals surface area contributed by atoms with Gasteiger partial charge in [-0.3, -0.25) is 10.1 Å². The van der Waals surface area contributed by atoms with Crippen LogP contribution in [-0.4, -0.2) is 44.7 Å². The van der Waals surface area contributed by atoms with Crippen molar-refractivity contribution < 1.29 is 18.1 Å². The van der Waals surface area contributed by atoms with Gasteiger partial charge in [-0.25, -0.2) is 13.1 Å². The molecule has 2 aliphatic heterocycles. The average Bonchev–Trinajstić information content (AvgIpc) is 2.52. The lowest BCUT2D eigenvalue weighted by molar-refractivity contribution is -0.384. The van der Waals surface area contributed by atoms with E-state index in [1.165, 1.54) is 24.3 Å². The molecule has 0 saturated carbocycles. The molecule has 0 amide bonds. The molecule has 1 spiro atoms. The average molecular weight is 341 g/mol. The fourth-order valence-electron chi connectivity index (χ4n) is 2.96. The summed E-state index contributed by atoms with van der Waals surface area (Å²) in [5.41, 5.74) is -0.263. The normalized spacial score (nSPS) is 23.4. The Balaban J connectivity index is 1.61. The summed E-state index contributed by atoms with van der Waals surface area (Å²) in [6, 6.07) is 4.83. The number of hydrogen-bond donors (Lipinski definition) is 2. The van der Waals surface area contributed by atoms with E-state index in [9.17, 15) is 18.5 Å². The molecule has 0 aliphatic carbocycles. The number of nitro groups is 1. The number of hydrogen-bond acceptors (Lipinski definition) is 6. The zero-order valence-corrected chi connectivity index (χ0v) is 13.3. The standard InChI is InChI=1S/C14H19N3O5S/c18-17(19)11-3-5-13(6-4-11)23(20,21)16-8-12-2-1-7-14(22-12)9-15-10-14/h3-6,12,15-16H,1-2,7-10H2. The minimum absolute atomic E-state index is 0.0129. The van der Waals surface area contributed by atoms with Gasteiger partial charge in [-0.1, -0.05) is 0 Å². The molecule has 9 heteroatoms. The van der Waals surface area contributed by atoms with E-state index in [2.05, 4.69) is 10.0 Å². The van der Waals surface area contributed by atoms with Gasteiger partial charge in [0.25, 0.3) is 5.69 Å². The van der Waals surface area contributed by atoms with Crippen LogP contribution in [0.4, 0.5) is 5.69 Å². The van der Waals surface area contributed by atoms with Crippen molar-refractivity contribution >= 4 is 15.7 Å². The Morgan fingerprint density at radius 3 is 2.61 bits per heavy atom. The Bertz CT molecular complexity index is 685. The van der Waals surface area contributed by atoms with Crippen LogP contribution in [0.15, 0.2) is 29.2 Å². The molecule has 1 atom stereocenters. The second-order valence-corrected chi connectivity index (χ2v) is 7.79. The molecule has 2 aliphatic rings. The summed E-state index contributed by atoms with van der Waals surface area (Å²) < 4.78 is 33.1. The van der Waals surface area contributed by atoms with Gasteiger partial charge in [-0.15, -0.1) is 0 Å². The highest BCUT2D eigenvalue weighted by Gasteiger charge is 2.42. The van der Waals surface area contributed by atoms with Crippen LogP contribution in [0.1, 0.15) is 19.3 Å². The molecule has 2 saturated heterocycles. The Kier molecular flexibility index (Phi) is 4.37. The maximum Gasteiger partial charge on any atom is 0.269 e. The molecular weight excluding hydrogens is 322 g/mol. The van der Waals surface area contributed by atoms with Gasteiger partial charge in [0.2, 0.25) is 10.0 Å². The first-order chi connectivity index (χ1) is 10.9. The number of benzene rings is 1. The quantitative estimate of drug-likeness (QED) is 0.605. The first-order valence-corrected chi connectivity index (χ1v) is 9.01. The monoisotopic (exact) mass is 341 g/mol. The van der Waals surface area contributed by atoms with Crippen LogP contribution < -0.4 is 10.0 Å². The zero-order chi connectivity index (χ0) is 16.5. The molecule has 1 aromatic carbocycles. The highest BCUT2D eigenvalue weighted by molar-refractivity contribution is 7.89. The van der Waals surface area contributed by atoms with Crippen LogP contribution >= 0.6 is 0 Å². The van der Waals surface area contributed by atoms with Gasteiger partial charge in [-0.05, 0) is 31.4 Å². The van der Waals surface area contributed by atoms with Crippen molar-refractivity contribution in [2.24, 2.45) is 0 Å². The minimum atomic E-state index is -3.70. The number of nitro benzene ring substituents is 1. The van der Waals surface area contributed by atoms with Crippen LogP contribution in [0.25, 0.3) is 0 Å². The first kappa shape index (κ1) is 16.3. The number of sulfonamides is 1. The van der Waals surface area contributed by atoms with E-state index in [-0.39, 0.29) is 28.8 Å². The Morgan fingerprint density at radius 1 is 1.35 bits per heavy atom. The Labute approximate surface area is 134 Å². The molecule has 0 aromatic heterocycles. The van der Waals surface area contributed by atoms with Crippen molar-refractivity contribution in [1.82, 2.24) is 10.0 Å². The zero-order valence-electron chi connectivity index (χ0n) is 12.5. The van der Waals surface area contributed by atoms with E-state index >= 15 is 0 Å². The molecule has 1 aromatic rings. The number of ether oxygens (including phenoxy) is 1. The highest BCUT2D eigenvalue weighted by atomic mass is 32.2. The molecule has 8 nitrogen and oxygen atoms in total. The number of nitrogens with one attached hydrogen (secondary N) is 2. The van der Waals surface area contributed by atoms with Crippen LogP contribution in [0.3, 0.4) is 0 Å². The van der Waals surface area contributed by atoms with Gasteiger partial charge in [0.05, 0.1) is 21.5 Å². The lowest BCUT2D eigenvalue weighted by Gasteiger charge is -2.48. The third-order valence-corrected chi connectivity index (χ3v) is 5.77. The third-order valence-electron chi connectivity index (χ3n) is 4.33. The van der Waals surface area contributed by atoms with Crippen molar-refractivity contribution in [2.45, 2.75) is 35.9 Å².